The van der Waals surface area contributed by atoms with E-state index in [1.165, 1.54) is 12.1 Å². The van der Waals surface area contributed by atoms with Gasteiger partial charge in [-0.25, -0.2) is 14.1 Å². The van der Waals surface area contributed by atoms with Gasteiger partial charge in [0.05, 0.1) is 24.1 Å². The van der Waals surface area contributed by atoms with Crippen molar-refractivity contribution in [3.63, 3.8) is 0 Å². The molecule has 7 nitrogen and oxygen atoms in total. The number of pyridine rings is 1. The predicted molar refractivity (Wildman–Crippen MR) is 124 cm³/mol. The SMILES string of the molecule is CC=C1OC(C(=O)Nc2ccc(F)cn2)CN(Cc2ccc(-n3cccn3)cc2)C1=CCC. The van der Waals surface area contributed by atoms with Crippen molar-refractivity contribution in [2.45, 2.75) is 32.9 Å². The number of amides is 1. The van der Waals surface area contributed by atoms with Crippen molar-refractivity contribution >= 4 is 11.7 Å². The largest absolute Gasteiger partial charge is 0.477 e. The van der Waals surface area contributed by atoms with Gasteiger partial charge in [-0.1, -0.05) is 25.1 Å². The van der Waals surface area contributed by atoms with Crippen molar-refractivity contribution in [2.75, 3.05) is 11.9 Å². The first-order valence-electron chi connectivity index (χ1n) is 10.9. The minimum absolute atomic E-state index is 0.280. The van der Waals surface area contributed by atoms with Gasteiger partial charge in [0.15, 0.2) is 6.10 Å². The fraction of sp³-hybridized carbons (Fsp3) is 0.240. The molecule has 2 aromatic heterocycles. The van der Waals surface area contributed by atoms with Crippen molar-refractivity contribution in [3.8, 4) is 5.69 Å². The molecule has 1 aliphatic heterocycles. The number of nitrogens with zero attached hydrogens (tertiary/aromatic N) is 4. The van der Waals surface area contributed by atoms with Gasteiger partial charge in [0.1, 0.15) is 17.4 Å². The molecular formula is C25H26FN5O2. The molecule has 33 heavy (non-hydrogen) atoms. The lowest BCUT2D eigenvalue weighted by Crippen LogP contribution is -2.45. The summed E-state index contributed by atoms with van der Waals surface area (Å²) in [6.07, 6.45) is 8.77. The van der Waals surface area contributed by atoms with E-state index in [1.54, 1.807) is 6.20 Å². The number of halogens is 1. The number of aromatic nitrogens is 3. The lowest BCUT2D eigenvalue weighted by atomic mass is 10.1. The van der Waals surface area contributed by atoms with Crippen LogP contribution in [0.3, 0.4) is 0 Å². The Morgan fingerprint density at radius 2 is 2.09 bits per heavy atom. The van der Waals surface area contributed by atoms with Gasteiger partial charge in [-0.2, -0.15) is 5.10 Å². The molecular weight excluding hydrogens is 421 g/mol. The maximum Gasteiger partial charge on any atom is 0.268 e. The summed E-state index contributed by atoms with van der Waals surface area (Å²) in [5.74, 6) is 0.145. The van der Waals surface area contributed by atoms with Crippen molar-refractivity contribution in [1.29, 1.82) is 0 Å². The lowest BCUT2D eigenvalue weighted by molar-refractivity contribution is -0.127. The van der Waals surface area contributed by atoms with Crippen LogP contribution in [0, 0.1) is 5.82 Å². The number of hydrogen-bond acceptors (Lipinski definition) is 5. The van der Waals surface area contributed by atoms with Crippen molar-refractivity contribution in [3.05, 3.63) is 96.0 Å². The van der Waals surface area contributed by atoms with Gasteiger partial charge in [-0.3, -0.25) is 4.79 Å². The van der Waals surface area contributed by atoms with Crippen LogP contribution in [0.25, 0.3) is 5.69 Å². The van der Waals surface area contributed by atoms with Crippen molar-refractivity contribution in [2.24, 2.45) is 0 Å². The molecule has 1 aliphatic rings. The molecule has 0 saturated carbocycles. The second-order valence-electron chi connectivity index (χ2n) is 7.61. The molecule has 1 amide bonds. The summed E-state index contributed by atoms with van der Waals surface area (Å²) in [5.41, 5.74) is 3.04. The van der Waals surface area contributed by atoms with Crippen LogP contribution in [0.1, 0.15) is 25.8 Å². The van der Waals surface area contributed by atoms with Gasteiger partial charge >= 0.3 is 0 Å². The minimum atomic E-state index is -0.736. The second-order valence-corrected chi connectivity index (χ2v) is 7.61. The summed E-state index contributed by atoms with van der Waals surface area (Å²) < 4.78 is 21.0. The zero-order chi connectivity index (χ0) is 23.2. The van der Waals surface area contributed by atoms with E-state index >= 15 is 0 Å². The van der Waals surface area contributed by atoms with E-state index in [2.05, 4.69) is 45.4 Å². The standard InChI is InChI=1S/C25H26FN5O2/c1-3-6-21-22(4-2)33-23(25(32)29-24-12-9-19(26)15-27-24)17-30(21)16-18-7-10-20(11-8-18)31-14-5-13-28-31/h4-15,23H,3,16-17H2,1-2H3,(H,27,29,32). The third-order valence-electron chi connectivity index (χ3n) is 5.26. The Morgan fingerprint density at radius 1 is 1.27 bits per heavy atom. The molecule has 3 heterocycles. The number of benzene rings is 1. The smallest absolute Gasteiger partial charge is 0.268 e. The number of carbonyl (C=O) groups is 1. The maximum atomic E-state index is 13.1. The molecule has 0 aliphatic carbocycles. The van der Waals surface area contributed by atoms with Crippen LogP contribution in [-0.2, 0) is 16.1 Å². The van der Waals surface area contributed by atoms with Gasteiger partial charge in [-0.15, -0.1) is 0 Å². The van der Waals surface area contributed by atoms with Gasteiger partial charge < -0.3 is 15.0 Å². The summed E-state index contributed by atoms with van der Waals surface area (Å²) in [5, 5.41) is 6.97. The average molecular weight is 448 g/mol. The molecule has 8 heteroatoms. The molecule has 4 rings (SSSR count). The first-order valence-corrected chi connectivity index (χ1v) is 10.9. The Hall–Kier alpha value is -3.94. The van der Waals surface area contributed by atoms with Crippen LogP contribution in [0.4, 0.5) is 10.2 Å². The molecule has 3 aromatic rings. The van der Waals surface area contributed by atoms with Crippen LogP contribution >= 0.6 is 0 Å². The molecule has 0 radical (unpaired) electrons. The molecule has 0 bridgehead atoms. The van der Waals surface area contributed by atoms with E-state index in [0.29, 0.717) is 18.8 Å². The van der Waals surface area contributed by atoms with Crippen molar-refractivity contribution in [1.82, 2.24) is 19.7 Å². The molecule has 1 aromatic carbocycles. The zero-order valence-corrected chi connectivity index (χ0v) is 18.6. The van der Waals surface area contributed by atoms with E-state index in [9.17, 15) is 9.18 Å². The second kappa shape index (κ2) is 10.1. The number of rotatable bonds is 6. The molecule has 1 unspecified atom stereocenters. The van der Waals surface area contributed by atoms with Crippen LogP contribution in [-0.4, -0.2) is 38.2 Å². The van der Waals surface area contributed by atoms with E-state index < -0.39 is 11.9 Å². The Bertz CT molecular complexity index is 1140. The third-order valence-corrected chi connectivity index (χ3v) is 5.26. The van der Waals surface area contributed by atoms with Gasteiger partial charge in [0.25, 0.3) is 5.91 Å². The molecule has 1 saturated heterocycles. The monoisotopic (exact) mass is 447 g/mol. The van der Waals surface area contributed by atoms with E-state index in [1.807, 2.05) is 42.1 Å². The maximum absolute atomic E-state index is 13.1. The normalized spacial score (nSPS) is 18.4. The molecule has 1 fully saturated rings. The highest BCUT2D eigenvalue weighted by molar-refractivity contribution is 5.93. The highest BCUT2D eigenvalue weighted by atomic mass is 19.1. The fourth-order valence-corrected chi connectivity index (χ4v) is 3.68. The minimum Gasteiger partial charge on any atom is -0.477 e. The van der Waals surface area contributed by atoms with Crippen LogP contribution < -0.4 is 5.32 Å². The highest BCUT2D eigenvalue weighted by Crippen LogP contribution is 2.28. The lowest BCUT2D eigenvalue weighted by Gasteiger charge is -2.38. The first-order chi connectivity index (χ1) is 16.1. The number of ether oxygens (including phenoxy) is 1. The fourth-order valence-electron chi connectivity index (χ4n) is 3.68. The quantitative estimate of drug-likeness (QED) is 0.605. The molecule has 170 valence electrons. The molecule has 1 N–H and O–H groups in total. The predicted octanol–water partition coefficient (Wildman–Crippen LogP) is 4.44. The zero-order valence-electron chi connectivity index (χ0n) is 18.6. The highest BCUT2D eigenvalue weighted by Gasteiger charge is 2.32. The van der Waals surface area contributed by atoms with Crippen molar-refractivity contribution < 1.29 is 13.9 Å². The summed E-state index contributed by atoms with van der Waals surface area (Å²) in [6, 6.07) is 12.7. The topological polar surface area (TPSA) is 72.3 Å². The van der Waals surface area contributed by atoms with Crippen LogP contribution in [0.5, 0.6) is 0 Å². The number of allylic oxidation sites excluding steroid dienone is 2. The Balaban J connectivity index is 1.52. The van der Waals surface area contributed by atoms with Crippen LogP contribution in [0.15, 0.2) is 84.7 Å². The molecule has 0 spiro atoms. The summed E-state index contributed by atoms with van der Waals surface area (Å²) in [4.78, 5) is 18.9. The molecule has 1 atom stereocenters. The Morgan fingerprint density at radius 3 is 2.73 bits per heavy atom. The summed E-state index contributed by atoms with van der Waals surface area (Å²) >= 11 is 0. The van der Waals surface area contributed by atoms with Crippen LogP contribution in [0.2, 0.25) is 0 Å². The Labute approximate surface area is 192 Å². The summed E-state index contributed by atoms with van der Waals surface area (Å²) in [6.45, 7) is 4.94. The van der Waals surface area contributed by atoms with E-state index in [4.69, 9.17) is 4.74 Å². The number of hydrogen-bond donors (Lipinski definition) is 1. The third kappa shape index (κ3) is 5.28. The summed E-state index contributed by atoms with van der Waals surface area (Å²) in [7, 11) is 0. The van der Waals surface area contributed by atoms with Gasteiger partial charge in [-0.05, 0) is 55.3 Å². The van der Waals surface area contributed by atoms with Gasteiger partial charge in [0, 0.05) is 18.9 Å². The number of anilines is 1. The average Bonchev–Trinajstić information content (AvgIpc) is 3.37. The number of nitrogens with one attached hydrogen (secondary N) is 1. The number of morpholine rings is 1. The van der Waals surface area contributed by atoms with E-state index in [-0.39, 0.29) is 11.7 Å². The van der Waals surface area contributed by atoms with E-state index in [0.717, 1.165) is 29.6 Å². The van der Waals surface area contributed by atoms with Gasteiger partial charge in [0.2, 0.25) is 0 Å². The number of carbonyl (C=O) groups excluding carboxylic acids is 1. The Kier molecular flexibility index (Phi) is 6.83. The first kappa shape index (κ1) is 22.3.